The molecule has 2 heterocycles. The zero-order chi connectivity index (χ0) is 11.3. The molecule has 2 heteroatoms. The first-order chi connectivity index (χ1) is 7.55. The topological polar surface area (TPSA) is 24.9 Å². The highest BCUT2D eigenvalue weighted by Crippen LogP contribution is 2.33. The van der Waals surface area contributed by atoms with Gasteiger partial charge in [0.05, 0.1) is 5.52 Å². The van der Waals surface area contributed by atoms with Crippen molar-refractivity contribution < 1.29 is 0 Å². The second-order valence-electron chi connectivity index (χ2n) is 5.33. The third kappa shape index (κ3) is 1.37. The van der Waals surface area contributed by atoms with Gasteiger partial charge in [0.1, 0.15) is 5.82 Å². The molecule has 0 atom stereocenters. The van der Waals surface area contributed by atoms with Gasteiger partial charge in [-0.1, -0.05) is 18.2 Å². The lowest BCUT2D eigenvalue weighted by Gasteiger charge is -2.17. The molecule has 1 aliphatic heterocycles. The Bertz CT molecular complexity index is 570. The standard InChI is InChI=1S/C14H16N2/c1-9-5-4-6-10-7-11-8-14(2,3)16-13(11)15-12(9)10/h4-7H,8H2,1-3H3,(H,15,16). The summed E-state index contributed by atoms with van der Waals surface area (Å²) >= 11 is 0. The maximum atomic E-state index is 4.74. The predicted octanol–water partition coefficient (Wildman–Crippen LogP) is 3.29. The molecule has 1 aliphatic rings. The molecule has 0 aliphatic carbocycles. The summed E-state index contributed by atoms with van der Waals surface area (Å²) in [4.78, 5) is 4.74. The third-order valence-electron chi connectivity index (χ3n) is 3.22. The van der Waals surface area contributed by atoms with Gasteiger partial charge in [0.25, 0.3) is 0 Å². The van der Waals surface area contributed by atoms with Crippen molar-refractivity contribution in [2.75, 3.05) is 5.32 Å². The Morgan fingerprint density at radius 1 is 1.31 bits per heavy atom. The number of para-hydroxylation sites is 1. The van der Waals surface area contributed by atoms with Crippen LogP contribution in [0.1, 0.15) is 25.0 Å². The van der Waals surface area contributed by atoms with Crippen molar-refractivity contribution in [1.82, 2.24) is 4.98 Å². The van der Waals surface area contributed by atoms with Gasteiger partial charge in [-0.3, -0.25) is 0 Å². The molecular weight excluding hydrogens is 196 g/mol. The van der Waals surface area contributed by atoms with Gasteiger partial charge in [0, 0.05) is 10.9 Å². The number of nitrogens with one attached hydrogen (secondary N) is 1. The highest BCUT2D eigenvalue weighted by atomic mass is 15.1. The smallest absolute Gasteiger partial charge is 0.130 e. The summed E-state index contributed by atoms with van der Waals surface area (Å²) in [5.41, 5.74) is 3.84. The molecule has 0 saturated carbocycles. The van der Waals surface area contributed by atoms with E-state index in [9.17, 15) is 0 Å². The van der Waals surface area contributed by atoms with E-state index < -0.39 is 0 Å². The first kappa shape index (κ1) is 9.64. The molecule has 16 heavy (non-hydrogen) atoms. The molecule has 1 aromatic carbocycles. The molecule has 0 unspecified atom stereocenters. The number of pyridine rings is 1. The second-order valence-corrected chi connectivity index (χ2v) is 5.33. The number of hydrogen-bond donors (Lipinski definition) is 1. The summed E-state index contributed by atoms with van der Waals surface area (Å²) < 4.78 is 0. The normalized spacial score (nSPS) is 17.2. The number of aromatic nitrogens is 1. The summed E-state index contributed by atoms with van der Waals surface area (Å²) in [5, 5.41) is 4.73. The average Bonchev–Trinajstić information content (AvgIpc) is 2.48. The summed E-state index contributed by atoms with van der Waals surface area (Å²) in [6.45, 7) is 6.54. The van der Waals surface area contributed by atoms with Crippen molar-refractivity contribution in [2.24, 2.45) is 0 Å². The molecule has 0 fully saturated rings. The van der Waals surface area contributed by atoms with Crippen LogP contribution < -0.4 is 5.32 Å². The molecule has 2 nitrogen and oxygen atoms in total. The molecule has 2 aromatic rings. The SMILES string of the molecule is Cc1cccc2cc3c(nc12)NC(C)(C)C3. The van der Waals surface area contributed by atoms with E-state index in [2.05, 4.69) is 50.4 Å². The van der Waals surface area contributed by atoms with Crippen LogP contribution in [0.4, 0.5) is 5.82 Å². The van der Waals surface area contributed by atoms with E-state index in [0.29, 0.717) is 0 Å². The molecule has 1 N–H and O–H groups in total. The Kier molecular flexibility index (Phi) is 1.79. The van der Waals surface area contributed by atoms with Crippen molar-refractivity contribution in [1.29, 1.82) is 0 Å². The van der Waals surface area contributed by atoms with E-state index in [1.54, 1.807) is 0 Å². The quantitative estimate of drug-likeness (QED) is 0.724. The second kappa shape index (κ2) is 2.97. The summed E-state index contributed by atoms with van der Waals surface area (Å²) in [6.07, 6.45) is 1.05. The highest BCUT2D eigenvalue weighted by molar-refractivity contribution is 5.85. The molecule has 82 valence electrons. The van der Waals surface area contributed by atoms with E-state index >= 15 is 0 Å². The average molecular weight is 212 g/mol. The fourth-order valence-electron chi connectivity index (χ4n) is 2.47. The Labute approximate surface area is 95.7 Å². The number of hydrogen-bond acceptors (Lipinski definition) is 2. The Morgan fingerprint density at radius 3 is 2.94 bits per heavy atom. The maximum absolute atomic E-state index is 4.74. The largest absolute Gasteiger partial charge is 0.365 e. The van der Waals surface area contributed by atoms with Crippen LogP contribution in [0.25, 0.3) is 10.9 Å². The zero-order valence-electron chi connectivity index (χ0n) is 9.96. The molecule has 0 amide bonds. The van der Waals surface area contributed by atoms with E-state index in [0.717, 1.165) is 17.8 Å². The van der Waals surface area contributed by atoms with Gasteiger partial charge in [-0.25, -0.2) is 4.98 Å². The molecule has 1 aromatic heterocycles. The van der Waals surface area contributed by atoms with Gasteiger partial charge in [0.15, 0.2) is 0 Å². The zero-order valence-corrected chi connectivity index (χ0v) is 9.96. The van der Waals surface area contributed by atoms with Crippen molar-refractivity contribution in [3.05, 3.63) is 35.4 Å². The minimum Gasteiger partial charge on any atom is -0.365 e. The number of benzene rings is 1. The Balaban J connectivity index is 2.26. The van der Waals surface area contributed by atoms with Crippen molar-refractivity contribution >= 4 is 16.7 Å². The summed E-state index contributed by atoms with van der Waals surface area (Å²) in [5.74, 6) is 1.06. The van der Waals surface area contributed by atoms with Crippen LogP contribution in [0.2, 0.25) is 0 Å². The summed E-state index contributed by atoms with van der Waals surface area (Å²) in [7, 11) is 0. The summed E-state index contributed by atoms with van der Waals surface area (Å²) in [6, 6.07) is 8.62. The van der Waals surface area contributed by atoms with Crippen LogP contribution in [0.3, 0.4) is 0 Å². The van der Waals surface area contributed by atoms with Crippen molar-refractivity contribution in [3.63, 3.8) is 0 Å². The van der Waals surface area contributed by atoms with Gasteiger partial charge < -0.3 is 5.32 Å². The number of rotatable bonds is 0. The van der Waals surface area contributed by atoms with Gasteiger partial charge in [0.2, 0.25) is 0 Å². The Morgan fingerprint density at radius 2 is 2.12 bits per heavy atom. The van der Waals surface area contributed by atoms with Crippen molar-refractivity contribution in [2.45, 2.75) is 32.7 Å². The van der Waals surface area contributed by atoms with Crippen LogP contribution in [0.5, 0.6) is 0 Å². The van der Waals surface area contributed by atoms with Crippen LogP contribution in [0.15, 0.2) is 24.3 Å². The molecule has 3 rings (SSSR count). The van der Waals surface area contributed by atoms with Gasteiger partial charge >= 0.3 is 0 Å². The minimum absolute atomic E-state index is 0.139. The van der Waals surface area contributed by atoms with E-state index in [1.807, 2.05) is 0 Å². The first-order valence-corrected chi connectivity index (χ1v) is 5.73. The van der Waals surface area contributed by atoms with Crippen LogP contribution in [-0.2, 0) is 6.42 Å². The fraction of sp³-hybridized carbons (Fsp3) is 0.357. The molecule has 0 bridgehead atoms. The molecule has 0 radical (unpaired) electrons. The van der Waals surface area contributed by atoms with Crippen LogP contribution in [0, 0.1) is 6.92 Å². The predicted molar refractivity (Wildman–Crippen MR) is 67.9 cm³/mol. The Hall–Kier alpha value is -1.57. The number of anilines is 1. The monoisotopic (exact) mass is 212 g/mol. The van der Waals surface area contributed by atoms with E-state index in [-0.39, 0.29) is 5.54 Å². The van der Waals surface area contributed by atoms with Gasteiger partial charge in [-0.05, 0) is 44.4 Å². The van der Waals surface area contributed by atoms with Crippen LogP contribution in [-0.4, -0.2) is 10.5 Å². The van der Waals surface area contributed by atoms with Gasteiger partial charge in [-0.2, -0.15) is 0 Å². The minimum atomic E-state index is 0.139. The fourth-order valence-corrected chi connectivity index (χ4v) is 2.47. The van der Waals surface area contributed by atoms with Gasteiger partial charge in [-0.15, -0.1) is 0 Å². The lowest BCUT2D eigenvalue weighted by atomic mass is 10.00. The highest BCUT2D eigenvalue weighted by Gasteiger charge is 2.28. The van der Waals surface area contributed by atoms with Crippen LogP contribution >= 0.6 is 0 Å². The maximum Gasteiger partial charge on any atom is 0.130 e. The third-order valence-corrected chi connectivity index (χ3v) is 3.22. The number of fused-ring (bicyclic) bond motifs is 2. The first-order valence-electron chi connectivity index (χ1n) is 5.73. The molecular formula is C14H16N2. The van der Waals surface area contributed by atoms with E-state index in [4.69, 9.17) is 4.98 Å². The number of aryl methyl sites for hydroxylation is 1. The van der Waals surface area contributed by atoms with Crippen molar-refractivity contribution in [3.8, 4) is 0 Å². The molecule has 0 saturated heterocycles. The number of nitrogens with zero attached hydrogens (tertiary/aromatic N) is 1. The van der Waals surface area contributed by atoms with E-state index in [1.165, 1.54) is 16.5 Å². The lowest BCUT2D eigenvalue weighted by Crippen LogP contribution is -2.27. The lowest BCUT2D eigenvalue weighted by molar-refractivity contribution is 0.593. The molecule has 0 spiro atoms.